The summed E-state index contributed by atoms with van der Waals surface area (Å²) in [4.78, 5) is 24.2. The van der Waals surface area contributed by atoms with Crippen LogP contribution in [0.3, 0.4) is 0 Å². The molecule has 0 spiro atoms. The minimum Gasteiger partial charge on any atom is -0.353 e. The molecule has 0 atom stereocenters. The molecule has 2 amide bonds. The highest BCUT2D eigenvalue weighted by atomic mass is 32.1. The van der Waals surface area contributed by atoms with Gasteiger partial charge in [-0.25, -0.2) is 5.43 Å². The molecule has 0 saturated heterocycles. The lowest BCUT2D eigenvalue weighted by Gasteiger charge is -2.22. The van der Waals surface area contributed by atoms with Gasteiger partial charge in [-0.05, 0) is 24.3 Å². The average Bonchev–Trinajstić information content (AvgIpc) is 2.93. The molecular weight excluding hydrogens is 274 g/mol. The molecule has 1 aliphatic carbocycles. The van der Waals surface area contributed by atoms with Crippen LogP contribution in [0.25, 0.3) is 0 Å². The molecule has 0 aromatic carbocycles. The molecule has 1 aliphatic rings. The summed E-state index contributed by atoms with van der Waals surface area (Å²) in [5.74, 6) is -0.605. The van der Waals surface area contributed by atoms with Gasteiger partial charge in [-0.1, -0.05) is 25.3 Å². The largest absolute Gasteiger partial charge is 0.353 e. The maximum atomic E-state index is 11.7. The lowest BCUT2D eigenvalue weighted by Crippen LogP contribution is -2.38. The summed E-state index contributed by atoms with van der Waals surface area (Å²) in [6.07, 6.45) is 6.99. The Morgan fingerprint density at radius 2 is 2.10 bits per heavy atom. The van der Waals surface area contributed by atoms with Crippen molar-refractivity contribution in [1.29, 1.82) is 0 Å². The molecule has 20 heavy (non-hydrogen) atoms. The van der Waals surface area contributed by atoms with Crippen molar-refractivity contribution >= 4 is 29.4 Å². The molecule has 6 heteroatoms. The van der Waals surface area contributed by atoms with Crippen LogP contribution >= 0.6 is 11.3 Å². The zero-order valence-electron chi connectivity index (χ0n) is 11.3. The summed E-state index contributed by atoms with van der Waals surface area (Å²) in [7, 11) is 0. The third kappa shape index (κ3) is 5.13. The van der Waals surface area contributed by atoms with Gasteiger partial charge < -0.3 is 5.32 Å². The van der Waals surface area contributed by atoms with E-state index in [0.717, 1.165) is 30.6 Å². The minimum absolute atomic E-state index is 0.168. The number of hydrogen-bond acceptors (Lipinski definition) is 4. The third-order valence-corrected chi connectivity index (χ3v) is 4.02. The van der Waals surface area contributed by atoms with Crippen molar-refractivity contribution in [2.75, 3.05) is 0 Å². The number of carbonyl (C=O) groups is 2. The van der Waals surface area contributed by atoms with E-state index in [1.807, 2.05) is 17.5 Å². The molecule has 1 heterocycles. The topological polar surface area (TPSA) is 70.6 Å². The number of rotatable bonds is 5. The molecule has 1 fully saturated rings. The van der Waals surface area contributed by atoms with Crippen LogP contribution in [0.1, 0.15) is 43.4 Å². The fourth-order valence-electron chi connectivity index (χ4n) is 2.24. The van der Waals surface area contributed by atoms with Crippen LogP contribution in [0.15, 0.2) is 22.6 Å². The molecule has 0 bridgehead atoms. The maximum absolute atomic E-state index is 11.7. The lowest BCUT2D eigenvalue weighted by atomic mass is 9.95. The van der Waals surface area contributed by atoms with E-state index >= 15 is 0 Å². The van der Waals surface area contributed by atoms with Crippen molar-refractivity contribution in [2.45, 2.75) is 44.6 Å². The molecule has 2 N–H and O–H groups in total. The van der Waals surface area contributed by atoms with E-state index in [9.17, 15) is 9.59 Å². The zero-order chi connectivity index (χ0) is 14.2. The highest BCUT2D eigenvalue weighted by Gasteiger charge is 2.17. The fourth-order valence-corrected chi connectivity index (χ4v) is 2.83. The molecule has 5 nitrogen and oxygen atoms in total. The average molecular weight is 293 g/mol. The molecule has 1 aromatic rings. The summed E-state index contributed by atoms with van der Waals surface area (Å²) in [5.41, 5.74) is 2.37. The fraction of sp³-hybridized carbons (Fsp3) is 0.500. The normalized spacial score (nSPS) is 16.2. The lowest BCUT2D eigenvalue weighted by molar-refractivity contribution is -0.129. The number of nitrogens with zero attached hydrogens (tertiary/aromatic N) is 1. The molecule has 2 rings (SSSR count). The Morgan fingerprint density at radius 3 is 2.80 bits per heavy atom. The summed E-state index contributed by atoms with van der Waals surface area (Å²) in [5, 5.41) is 8.65. The van der Waals surface area contributed by atoms with Gasteiger partial charge in [0, 0.05) is 10.9 Å². The van der Waals surface area contributed by atoms with Gasteiger partial charge in [0.1, 0.15) is 6.42 Å². The van der Waals surface area contributed by atoms with Crippen molar-refractivity contribution in [3.63, 3.8) is 0 Å². The number of amides is 2. The van der Waals surface area contributed by atoms with Gasteiger partial charge in [-0.2, -0.15) is 5.10 Å². The zero-order valence-corrected chi connectivity index (χ0v) is 12.1. The Bertz CT molecular complexity index is 465. The first-order valence-electron chi connectivity index (χ1n) is 6.89. The third-order valence-electron chi connectivity index (χ3n) is 3.22. The van der Waals surface area contributed by atoms with Crippen LogP contribution in [-0.4, -0.2) is 24.1 Å². The minimum atomic E-state index is -0.383. The van der Waals surface area contributed by atoms with E-state index in [2.05, 4.69) is 15.8 Å². The first kappa shape index (κ1) is 14.7. The van der Waals surface area contributed by atoms with Gasteiger partial charge in [-0.15, -0.1) is 11.3 Å². The van der Waals surface area contributed by atoms with Crippen molar-refractivity contribution in [3.8, 4) is 0 Å². The monoisotopic (exact) mass is 293 g/mol. The predicted molar refractivity (Wildman–Crippen MR) is 79.7 cm³/mol. The standard InChI is InChI=1S/C14H19N3O2S/c18-13(16-11-5-2-1-3-6-11)9-14(19)17-15-10-12-7-4-8-20-12/h4,7-8,10-11H,1-3,5-6,9H2,(H,16,18)(H,17,19)/b15-10+. The Labute approximate surface area is 122 Å². The van der Waals surface area contributed by atoms with Crippen LogP contribution in [0.2, 0.25) is 0 Å². The summed E-state index contributed by atoms with van der Waals surface area (Å²) < 4.78 is 0. The Kier molecular flexibility index (Phi) is 5.73. The first-order chi connectivity index (χ1) is 9.74. The number of thiophene rings is 1. The second-order valence-electron chi connectivity index (χ2n) is 4.89. The second kappa shape index (κ2) is 7.79. The summed E-state index contributed by atoms with van der Waals surface area (Å²) in [6, 6.07) is 4.04. The van der Waals surface area contributed by atoms with E-state index in [4.69, 9.17) is 0 Å². The number of hydrazone groups is 1. The molecule has 0 radical (unpaired) electrons. The van der Waals surface area contributed by atoms with Crippen molar-refractivity contribution in [2.24, 2.45) is 5.10 Å². The molecule has 1 saturated carbocycles. The molecule has 0 aliphatic heterocycles. The van der Waals surface area contributed by atoms with Crippen LogP contribution < -0.4 is 10.7 Å². The number of hydrogen-bond donors (Lipinski definition) is 2. The Hall–Kier alpha value is -1.69. The van der Waals surface area contributed by atoms with E-state index in [1.165, 1.54) is 17.8 Å². The maximum Gasteiger partial charge on any atom is 0.249 e. The van der Waals surface area contributed by atoms with Crippen LogP contribution in [-0.2, 0) is 9.59 Å². The quantitative estimate of drug-likeness (QED) is 0.495. The summed E-state index contributed by atoms with van der Waals surface area (Å²) in [6.45, 7) is 0. The van der Waals surface area contributed by atoms with Gasteiger partial charge in [0.05, 0.1) is 6.21 Å². The van der Waals surface area contributed by atoms with Gasteiger partial charge in [0.15, 0.2) is 0 Å². The predicted octanol–water partition coefficient (Wildman–Crippen LogP) is 2.04. The van der Waals surface area contributed by atoms with Crippen molar-refractivity contribution in [3.05, 3.63) is 22.4 Å². The van der Waals surface area contributed by atoms with Crippen molar-refractivity contribution in [1.82, 2.24) is 10.7 Å². The Balaban J connectivity index is 1.66. The van der Waals surface area contributed by atoms with E-state index in [1.54, 1.807) is 6.21 Å². The summed E-state index contributed by atoms with van der Waals surface area (Å²) >= 11 is 1.53. The van der Waals surface area contributed by atoms with Gasteiger partial charge >= 0.3 is 0 Å². The number of nitrogens with one attached hydrogen (secondary N) is 2. The highest BCUT2D eigenvalue weighted by Crippen LogP contribution is 2.17. The van der Waals surface area contributed by atoms with Crippen molar-refractivity contribution < 1.29 is 9.59 Å². The van der Waals surface area contributed by atoms with Gasteiger partial charge in [0.25, 0.3) is 0 Å². The Morgan fingerprint density at radius 1 is 1.30 bits per heavy atom. The van der Waals surface area contributed by atoms with E-state index < -0.39 is 0 Å². The molecule has 0 unspecified atom stereocenters. The SMILES string of the molecule is O=C(CC(=O)NC1CCCCC1)N/N=C/c1cccs1. The number of carbonyl (C=O) groups excluding carboxylic acids is 2. The smallest absolute Gasteiger partial charge is 0.249 e. The van der Waals surface area contributed by atoms with Gasteiger partial charge in [-0.3, -0.25) is 9.59 Å². The molecular formula is C14H19N3O2S. The van der Waals surface area contributed by atoms with E-state index in [0.29, 0.717) is 0 Å². The second-order valence-corrected chi connectivity index (χ2v) is 5.87. The van der Waals surface area contributed by atoms with Crippen LogP contribution in [0.5, 0.6) is 0 Å². The highest BCUT2D eigenvalue weighted by molar-refractivity contribution is 7.11. The van der Waals surface area contributed by atoms with Crippen LogP contribution in [0, 0.1) is 0 Å². The molecule has 108 valence electrons. The van der Waals surface area contributed by atoms with E-state index in [-0.39, 0.29) is 24.3 Å². The first-order valence-corrected chi connectivity index (χ1v) is 7.77. The van der Waals surface area contributed by atoms with Gasteiger partial charge in [0.2, 0.25) is 11.8 Å². The molecule has 1 aromatic heterocycles. The van der Waals surface area contributed by atoms with Crippen LogP contribution in [0.4, 0.5) is 0 Å².